The molecule has 0 bridgehead atoms. The fraction of sp³-hybridized carbons (Fsp3) is 0.467. The first-order chi connectivity index (χ1) is 9.22. The van der Waals surface area contributed by atoms with Gasteiger partial charge in [0.1, 0.15) is 5.82 Å². The topological polar surface area (TPSA) is 38.0 Å². The molecular weight excluding hydrogens is 263 g/mol. The van der Waals surface area contributed by atoms with Gasteiger partial charge in [0.25, 0.3) is 0 Å². The summed E-state index contributed by atoms with van der Waals surface area (Å²) >= 11 is 5.85. The van der Waals surface area contributed by atoms with Gasteiger partial charge in [-0.3, -0.25) is 5.84 Å². The lowest BCUT2D eigenvalue weighted by Crippen LogP contribution is -2.29. The third kappa shape index (κ3) is 3.78. The molecule has 1 aliphatic carbocycles. The summed E-state index contributed by atoms with van der Waals surface area (Å²) in [5.41, 5.74) is 5.03. The Morgan fingerprint density at radius 3 is 2.74 bits per heavy atom. The summed E-state index contributed by atoms with van der Waals surface area (Å²) in [6.45, 7) is 0. The Bertz CT molecular complexity index is 459. The standard InChI is InChI=1S/C15H20ClFN2/c16-13-10-12(8-9-14(13)17)15(19-18)11-6-4-2-1-3-5-7-11/h6,8-10,15,19H,1-5,7,18H2/b11-6+. The van der Waals surface area contributed by atoms with E-state index in [2.05, 4.69) is 11.5 Å². The van der Waals surface area contributed by atoms with Gasteiger partial charge < -0.3 is 0 Å². The molecule has 1 aromatic carbocycles. The van der Waals surface area contributed by atoms with Crippen molar-refractivity contribution in [3.8, 4) is 0 Å². The molecule has 19 heavy (non-hydrogen) atoms. The van der Waals surface area contributed by atoms with Crippen LogP contribution >= 0.6 is 11.6 Å². The molecule has 0 saturated carbocycles. The van der Waals surface area contributed by atoms with Gasteiger partial charge in [-0.25, -0.2) is 9.82 Å². The zero-order chi connectivity index (χ0) is 13.7. The number of hydrogen-bond acceptors (Lipinski definition) is 2. The maximum Gasteiger partial charge on any atom is 0.141 e. The van der Waals surface area contributed by atoms with Crippen molar-refractivity contribution < 1.29 is 4.39 Å². The van der Waals surface area contributed by atoms with Crippen LogP contribution in [0.1, 0.15) is 50.1 Å². The van der Waals surface area contributed by atoms with E-state index in [1.807, 2.05) is 0 Å². The Kier molecular flexibility index (Phi) is 5.37. The minimum absolute atomic E-state index is 0.0730. The second-order valence-corrected chi connectivity index (χ2v) is 5.41. The van der Waals surface area contributed by atoms with Gasteiger partial charge in [0.05, 0.1) is 11.1 Å². The summed E-state index contributed by atoms with van der Waals surface area (Å²) < 4.78 is 13.2. The van der Waals surface area contributed by atoms with Crippen LogP contribution in [-0.4, -0.2) is 0 Å². The lowest BCUT2D eigenvalue weighted by atomic mass is 9.91. The molecule has 1 aromatic rings. The predicted octanol–water partition coefficient (Wildman–Crippen LogP) is 4.26. The van der Waals surface area contributed by atoms with Gasteiger partial charge in [0.2, 0.25) is 0 Å². The number of allylic oxidation sites excluding steroid dienone is 1. The third-order valence-electron chi connectivity index (χ3n) is 3.64. The molecule has 1 unspecified atom stereocenters. The molecule has 0 saturated heterocycles. The zero-order valence-electron chi connectivity index (χ0n) is 11.0. The Balaban J connectivity index is 2.24. The Labute approximate surface area is 118 Å². The van der Waals surface area contributed by atoms with Crippen molar-refractivity contribution in [1.29, 1.82) is 0 Å². The van der Waals surface area contributed by atoms with Crippen molar-refractivity contribution in [3.63, 3.8) is 0 Å². The van der Waals surface area contributed by atoms with Crippen molar-refractivity contribution in [3.05, 3.63) is 46.3 Å². The van der Waals surface area contributed by atoms with Crippen molar-refractivity contribution in [1.82, 2.24) is 5.43 Å². The molecule has 0 heterocycles. The monoisotopic (exact) mass is 282 g/mol. The van der Waals surface area contributed by atoms with Crippen LogP contribution in [0.5, 0.6) is 0 Å². The first kappa shape index (κ1) is 14.5. The van der Waals surface area contributed by atoms with Crippen molar-refractivity contribution in [2.24, 2.45) is 5.84 Å². The second-order valence-electron chi connectivity index (χ2n) is 5.01. The van der Waals surface area contributed by atoms with Crippen LogP contribution in [0.25, 0.3) is 0 Å². The van der Waals surface area contributed by atoms with E-state index < -0.39 is 5.82 Å². The Morgan fingerprint density at radius 2 is 2.00 bits per heavy atom. The van der Waals surface area contributed by atoms with Gasteiger partial charge in [-0.15, -0.1) is 0 Å². The number of halogens is 2. The average Bonchev–Trinajstić information content (AvgIpc) is 2.36. The third-order valence-corrected chi connectivity index (χ3v) is 3.93. The molecule has 0 aromatic heterocycles. The number of nitrogens with two attached hydrogens (primary N) is 1. The van der Waals surface area contributed by atoms with Gasteiger partial charge in [-0.2, -0.15) is 0 Å². The molecule has 0 radical (unpaired) electrons. The number of nitrogens with one attached hydrogen (secondary N) is 1. The molecule has 2 nitrogen and oxygen atoms in total. The lowest BCUT2D eigenvalue weighted by molar-refractivity contribution is 0.553. The van der Waals surface area contributed by atoms with Gasteiger partial charge >= 0.3 is 0 Å². The molecule has 3 N–H and O–H groups in total. The van der Waals surface area contributed by atoms with Gasteiger partial charge in [0, 0.05) is 0 Å². The highest BCUT2D eigenvalue weighted by atomic mass is 35.5. The van der Waals surface area contributed by atoms with Gasteiger partial charge in [0.15, 0.2) is 0 Å². The average molecular weight is 283 g/mol. The van der Waals surface area contributed by atoms with Crippen LogP contribution in [0.3, 0.4) is 0 Å². The first-order valence-electron chi connectivity index (χ1n) is 6.82. The molecule has 1 aliphatic rings. The van der Waals surface area contributed by atoms with E-state index >= 15 is 0 Å². The van der Waals surface area contributed by atoms with Crippen molar-refractivity contribution in [2.45, 2.75) is 44.6 Å². The first-order valence-corrected chi connectivity index (χ1v) is 7.20. The second kappa shape index (κ2) is 7.04. The number of hydrazine groups is 1. The summed E-state index contributed by atoms with van der Waals surface area (Å²) in [4.78, 5) is 0. The number of rotatable bonds is 3. The molecule has 0 fully saturated rings. The van der Waals surface area contributed by atoms with Crippen LogP contribution in [0.2, 0.25) is 5.02 Å². The normalized spacial score (nSPS) is 21.1. The minimum Gasteiger partial charge on any atom is -0.271 e. The molecule has 1 atom stereocenters. The summed E-state index contributed by atoms with van der Waals surface area (Å²) in [6.07, 6.45) is 9.35. The maximum atomic E-state index is 13.2. The molecule has 4 heteroatoms. The van der Waals surface area contributed by atoms with E-state index in [4.69, 9.17) is 17.4 Å². The summed E-state index contributed by atoms with van der Waals surface area (Å²) in [5.74, 6) is 5.29. The molecule has 0 spiro atoms. The van der Waals surface area contributed by atoms with E-state index in [1.54, 1.807) is 12.1 Å². The van der Waals surface area contributed by atoms with Crippen LogP contribution in [0.15, 0.2) is 29.8 Å². The van der Waals surface area contributed by atoms with Gasteiger partial charge in [-0.1, -0.05) is 42.2 Å². The van der Waals surface area contributed by atoms with E-state index in [9.17, 15) is 4.39 Å². The fourth-order valence-corrected chi connectivity index (χ4v) is 2.78. The van der Waals surface area contributed by atoms with Crippen LogP contribution in [0.4, 0.5) is 4.39 Å². The predicted molar refractivity (Wildman–Crippen MR) is 77.3 cm³/mol. The summed E-state index contributed by atoms with van der Waals surface area (Å²) in [6, 6.07) is 4.72. The highest BCUT2D eigenvalue weighted by molar-refractivity contribution is 6.30. The highest BCUT2D eigenvalue weighted by Gasteiger charge is 2.17. The van der Waals surface area contributed by atoms with Crippen LogP contribution in [-0.2, 0) is 0 Å². The maximum absolute atomic E-state index is 13.2. The SMILES string of the molecule is NNC(/C1=C/CCCCCC1)c1ccc(F)c(Cl)c1. The highest BCUT2D eigenvalue weighted by Crippen LogP contribution is 2.30. The van der Waals surface area contributed by atoms with E-state index in [-0.39, 0.29) is 11.1 Å². The minimum atomic E-state index is -0.396. The van der Waals surface area contributed by atoms with Crippen LogP contribution in [0, 0.1) is 5.82 Å². The van der Waals surface area contributed by atoms with Crippen molar-refractivity contribution >= 4 is 11.6 Å². The molecule has 2 rings (SSSR count). The number of hydrogen-bond donors (Lipinski definition) is 2. The fourth-order valence-electron chi connectivity index (χ4n) is 2.59. The van der Waals surface area contributed by atoms with Gasteiger partial charge in [-0.05, 0) is 43.4 Å². The number of benzene rings is 1. The zero-order valence-corrected chi connectivity index (χ0v) is 11.7. The molecular formula is C15H20ClFN2. The smallest absolute Gasteiger partial charge is 0.141 e. The molecule has 104 valence electrons. The summed E-state index contributed by atoms with van der Waals surface area (Å²) in [5, 5.41) is 0.143. The van der Waals surface area contributed by atoms with E-state index in [0.717, 1.165) is 18.4 Å². The van der Waals surface area contributed by atoms with E-state index in [1.165, 1.54) is 37.3 Å². The lowest BCUT2D eigenvalue weighted by Gasteiger charge is -2.22. The van der Waals surface area contributed by atoms with E-state index in [0.29, 0.717) is 0 Å². The largest absolute Gasteiger partial charge is 0.271 e. The summed E-state index contributed by atoms with van der Waals surface area (Å²) in [7, 11) is 0. The van der Waals surface area contributed by atoms with Crippen molar-refractivity contribution in [2.75, 3.05) is 0 Å². The van der Waals surface area contributed by atoms with Crippen LogP contribution < -0.4 is 11.3 Å². The molecule has 0 amide bonds. The molecule has 0 aliphatic heterocycles. The Morgan fingerprint density at radius 1 is 1.21 bits per heavy atom. The Hall–Kier alpha value is -0.900. The quantitative estimate of drug-likeness (QED) is 0.494.